The molecule has 3 unspecified atom stereocenters. The first-order chi connectivity index (χ1) is 24.3. The largest absolute Gasteiger partial charge is 0.494 e. The highest BCUT2D eigenvalue weighted by molar-refractivity contribution is 6.32. The number of likely N-dealkylation sites (tertiary alicyclic amines) is 1. The molecule has 4 aromatic rings. The Kier molecular flexibility index (Phi) is 11.6. The van der Waals surface area contributed by atoms with Crippen LogP contribution in [-0.2, 0) is 21.0 Å². The minimum Gasteiger partial charge on any atom is -0.494 e. The van der Waals surface area contributed by atoms with Crippen molar-refractivity contribution in [1.29, 1.82) is 0 Å². The van der Waals surface area contributed by atoms with Crippen molar-refractivity contribution in [1.82, 2.24) is 25.5 Å². The summed E-state index contributed by atoms with van der Waals surface area (Å²) in [5.74, 6) is -0.0941. The number of ether oxygens (including phenoxy) is 2. The second-order valence-corrected chi connectivity index (χ2v) is 13.9. The molecule has 3 aromatic carbocycles. The Morgan fingerprint density at radius 3 is 2.55 bits per heavy atom. The number of rotatable bonds is 12. The molecule has 270 valence electrons. The Bertz CT molecular complexity index is 1920. The molecule has 0 spiro atoms. The Morgan fingerprint density at radius 2 is 1.86 bits per heavy atom. The third kappa shape index (κ3) is 8.84. The zero-order chi connectivity index (χ0) is 36.9. The lowest BCUT2D eigenvalue weighted by Crippen LogP contribution is -2.59. The number of hydrogen-bond acceptors (Lipinski definition) is 9. The van der Waals surface area contributed by atoms with Crippen molar-refractivity contribution in [3.63, 3.8) is 0 Å². The molecule has 1 fully saturated rings. The Balaban J connectivity index is 1.35. The van der Waals surface area contributed by atoms with Gasteiger partial charge in [-0.1, -0.05) is 44.5 Å². The Labute approximate surface area is 301 Å². The molecule has 4 N–H and O–H groups in total. The summed E-state index contributed by atoms with van der Waals surface area (Å²) >= 11 is 6.53. The van der Waals surface area contributed by atoms with Crippen LogP contribution in [-0.4, -0.2) is 71.4 Å². The van der Waals surface area contributed by atoms with E-state index in [0.717, 1.165) is 0 Å². The lowest BCUT2D eigenvalue weighted by molar-refractivity contribution is -0.143. The molecule has 0 bridgehead atoms. The van der Waals surface area contributed by atoms with Crippen LogP contribution in [0, 0.1) is 11.2 Å². The van der Waals surface area contributed by atoms with E-state index in [0.29, 0.717) is 69.6 Å². The summed E-state index contributed by atoms with van der Waals surface area (Å²) in [5.41, 5.74) is 1.61. The fourth-order valence-electron chi connectivity index (χ4n) is 5.80. The normalized spacial score (nSPS) is 15.6. The summed E-state index contributed by atoms with van der Waals surface area (Å²) in [6.07, 6.45) is 2.50. The van der Waals surface area contributed by atoms with Crippen LogP contribution in [0.4, 0.5) is 21.6 Å². The fourth-order valence-corrected chi connectivity index (χ4v) is 6.04. The first-order valence-corrected chi connectivity index (χ1v) is 17.0. The number of fused-ring (bicyclic) bond motifs is 1. The predicted molar refractivity (Wildman–Crippen MR) is 195 cm³/mol. The summed E-state index contributed by atoms with van der Waals surface area (Å²) in [6.45, 7) is 7.88. The van der Waals surface area contributed by atoms with Crippen molar-refractivity contribution in [2.75, 3.05) is 31.3 Å². The molecule has 1 aromatic heterocycles. The van der Waals surface area contributed by atoms with E-state index in [1.165, 1.54) is 25.6 Å². The van der Waals surface area contributed by atoms with Gasteiger partial charge in [0, 0.05) is 23.7 Å². The maximum absolute atomic E-state index is 13.9. The third-order valence-corrected chi connectivity index (χ3v) is 9.05. The number of benzene rings is 3. The maximum Gasteiger partial charge on any atom is 0.247 e. The molecule has 0 saturated carbocycles. The van der Waals surface area contributed by atoms with Crippen LogP contribution in [0.3, 0.4) is 0 Å². The minimum atomic E-state index is -0.835. The van der Waals surface area contributed by atoms with Crippen molar-refractivity contribution < 1.29 is 28.2 Å². The number of halogens is 2. The predicted octanol–water partition coefficient (Wildman–Crippen LogP) is 5.82. The van der Waals surface area contributed by atoms with Gasteiger partial charge in [0.1, 0.15) is 48.2 Å². The van der Waals surface area contributed by atoms with Gasteiger partial charge in [-0.05, 0) is 74.2 Å². The summed E-state index contributed by atoms with van der Waals surface area (Å²) in [5, 5.41) is 12.9. The van der Waals surface area contributed by atoms with Gasteiger partial charge in [0.05, 0.1) is 29.4 Å². The quantitative estimate of drug-likeness (QED) is 0.142. The number of anilines is 3. The van der Waals surface area contributed by atoms with Gasteiger partial charge in [-0.2, -0.15) is 0 Å². The topological polar surface area (TPSA) is 147 Å². The molecule has 3 atom stereocenters. The van der Waals surface area contributed by atoms with Crippen LogP contribution >= 0.6 is 11.6 Å². The van der Waals surface area contributed by atoms with Gasteiger partial charge in [-0.3, -0.25) is 14.4 Å². The monoisotopic (exact) mass is 719 g/mol. The number of carbonyl (C=O) groups excluding carboxylic acids is 3. The second-order valence-electron chi connectivity index (χ2n) is 13.5. The highest BCUT2D eigenvalue weighted by Crippen LogP contribution is 2.36. The Hall–Kier alpha value is -5.01. The fraction of sp³-hybridized carbons (Fsp3) is 0.378. The summed E-state index contributed by atoms with van der Waals surface area (Å²) < 4.78 is 25.0. The standard InChI is InChI=1S/C37H43ClFN7O5/c1-21(40-5)34(47)45-32(37(2,3)4)36(49)46-14-8-11-29(46)35(48)44-28-17-25-27(18-31(28)50-6)41-20-42-33(25)43-24-12-13-30(26(38)16-24)51-19-22-9-7-10-23(39)15-22/h7,9-10,12-13,15-18,20-21,29,32,40H,8,11,14,19H2,1-6H3,(H,44,48)(H,45,47)(H,41,42,43). The van der Waals surface area contributed by atoms with E-state index in [1.54, 1.807) is 61.3 Å². The number of methoxy groups -OCH3 is 1. The highest BCUT2D eigenvalue weighted by atomic mass is 35.5. The zero-order valence-electron chi connectivity index (χ0n) is 29.5. The summed E-state index contributed by atoms with van der Waals surface area (Å²) in [7, 11) is 3.17. The molecule has 1 aliphatic rings. The van der Waals surface area contributed by atoms with Gasteiger partial charge in [-0.25, -0.2) is 14.4 Å². The van der Waals surface area contributed by atoms with Crippen molar-refractivity contribution in [2.24, 2.45) is 5.41 Å². The van der Waals surface area contributed by atoms with Gasteiger partial charge >= 0.3 is 0 Å². The van der Waals surface area contributed by atoms with Crippen LogP contribution in [0.1, 0.15) is 46.1 Å². The van der Waals surface area contributed by atoms with Crippen molar-refractivity contribution in [3.8, 4) is 11.5 Å². The van der Waals surface area contributed by atoms with Gasteiger partial charge in [0.15, 0.2) is 0 Å². The molecule has 1 saturated heterocycles. The van der Waals surface area contributed by atoms with Crippen molar-refractivity contribution in [3.05, 3.63) is 77.3 Å². The number of aromatic nitrogens is 2. The highest BCUT2D eigenvalue weighted by Gasteiger charge is 2.42. The molecule has 5 rings (SSSR count). The molecular weight excluding hydrogens is 677 g/mol. The van der Waals surface area contributed by atoms with Crippen LogP contribution < -0.4 is 30.7 Å². The maximum atomic E-state index is 13.9. The average molecular weight is 720 g/mol. The minimum absolute atomic E-state index is 0.146. The van der Waals surface area contributed by atoms with Gasteiger partial charge in [0.25, 0.3) is 0 Å². The Morgan fingerprint density at radius 1 is 1.08 bits per heavy atom. The number of likely N-dealkylation sites (N-methyl/N-ethyl adjacent to an activating group) is 1. The van der Waals surface area contributed by atoms with E-state index >= 15 is 0 Å². The summed E-state index contributed by atoms with van der Waals surface area (Å²) in [6, 6.07) is 12.6. The van der Waals surface area contributed by atoms with Crippen LogP contribution in [0.25, 0.3) is 10.9 Å². The molecule has 12 nitrogen and oxygen atoms in total. The van der Waals surface area contributed by atoms with Crippen LogP contribution in [0.15, 0.2) is 60.9 Å². The molecule has 2 heterocycles. The number of amides is 3. The van der Waals surface area contributed by atoms with Crippen LogP contribution in [0.2, 0.25) is 5.02 Å². The molecule has 3 amide bonds. The number of hydrogen-bond donors (Lipinski definition) is 4. The summed E-state index contributed by atoms with van der Waals surface area (Å²) in [4.78, 5) is 50.9. The first kappa shape index (κ1) is 37.3. The van der Waals surface area contributed by atoms with E-state index < -0.39 is 23.5 Å². The van der Waals surface area contributed by atoms with Crippen molar-refractivity contribution in [2.45, 2.75) is 65.3 Å². The number of nitrogens with one attached hydrogen (secondary N) is 4. The van der Waals surface area contributed by atoms with E-state index in [1.807, 2.05) is 20.8 Å². The molecular formula is C37H43ClFN7O5. The first-order valence-electron chi connectivity index (χ1n) is 16.6. The second kappa shape index (κ2) is 15.9. The molecule has 14 heteroatoms. The molecule has 1 aliphatic heterocycles. The van der Waals surface area contributed by atoms with E-state index in [2.05, 4.69) is 31.2 Å². The van der Waals surface area contributed by atoms with Gasteiger partial charge < -0.3 is 35.6 Å². The number of carbonyl (C=O) groups is 3. The van der Waals surface area contributed by atoms with Crippen molar-refractivity contribution >= 4 is 57.4 Å². The van der Waals surface area contributed by atoms with Gasteiger partial charge in [0.2, 0.25) is 17.7 Å². The van der Waals surface area contributed by atoms with Gasteiger partial charge in [-0.15, -0.1) is 0 Å². The van der Waals surface area contributed by atoms with E-state index in [4.69, 9.17) is 21.1 Å². The zero-order valence-corrected chi connectivity index (χ0v) is 30.2. The lowest BCUT2D eigenvalue weighted by Gasteiger charge is -2.36. The van der Waals surface area contributed by atoms with E-state index in [-0.39, 0.29) is 30.1 Å². The smallest absolute Gasteiger partial charge is 0.247 e. The third-order valence-electron chi connectivity index (χ3n) is 8.76. The average Bonchev–Trinajstić information content (AvgIpc) is 3.59. The lowest BCUT2D eigenvalue weighted by atomic mass is 9.85. The SMILES string of the molecule is CNC(C)C(=O)NC(C(=O)N1CCCC1C(=O)Nc1cc2c(Nc3ccc(OCc4cccc(F)c4)c(Cl)c3)ncnc2cc1OC)C(C)(C)C. The molecule has 0 radical (unpaired) electrons. The molecule has 0 aliphatic carbocycles. The molecule has 51 heavy (non-hydrogen) atoms. The van der Waals surface area contributed by atoms with Crippen LogP contribution in [0.5, 0.6) is 11.5 Å². The van der Waals surface area contributed by atoms with E-state index in [9.17, 15) is 18.8 Å². The number of nitrogens with zero attached hydrogens (tertiary/aromatic N) is 3.